The Kier molecular flexibility index (Phi) is 4.09. The Morgan fingerprint density at radius 1 is 1.29 bits per heavy atom. The lowest BCUT2D eigenvalue weighted by atomic mass is 9.84. The molecule has 1 aliphatic carbocycles. The zero-order valence-corrected chi connectivity index (χ0v) is 10.6. The molecule has 0 amide bonds. The van der Waals surface area contributed by atoms with E-state index in [0.29, 0.717) is 6.04 Å². The highest BCUT2D eigenvalue weighted by atomic mass is 14.9. The zero-order valence-electron chi connectivity index (χ0n) is 10.6. The summed E-state index contributed by atoms with van der Waals surface area (Å²) in [7, 11) is 0. The van der Waals surface area contributed by atoms with E-state index in [0.717, 1.165) is 17.2 Å². The minimum atomic E-state index is 0.545. The molecule has 1 unspecified atom stereocenters. The van der Waals surface area contributed by atoms with E-state index in [1.165, 1.54) is 32.1 Å². The first-order valence-corrected chi connectivity index (χ1v) is 6.63. The van der Waals surface area contributed by atoms with Crippen LogP contribution in [0.3, 0.4) is 0 Å². The van der Waals surface area contributed by atoms with Crippen LogP contribution >= 0.6 is 0 Å². The molecule has 17 heavy (non-hydrogen) atoms. The molecule has 0 aliphatic heterocycles. The Morgan fingerprint density at radius 2 is 2.06 bits per heavy atom. The van der Waals surface area contributed by atoms with Crippen molar-refractivity contribution in [2.75, 3.05) is 5.32 Å². The molecule has 1 nitrogen and oxygen atoms in total. The van der Waals surface area contributed by atoms with Gasteiger partial charge in [-0.2, -0.15) is 0 Å². The number of hydrogen-bond acceptors (Lipinski definition) is 1. The van der Waals surface area contributed by atoms with Crippen LogP contribution in [-0.2, 0) is 0 Å². The van der Waals surface area contributed by atoms with Crippen LogP contribution in [0.15, 0.2) is 24.3 Å². The smallest absolute Gasteiger partial charge is 0.0354 e. The summed E-state index contributed by atoms with van der Waals surface area (Å²) in [6.45, 7) is 2.29. The van der Waals surface area contributed by atoms with E-state index in [1.54, 1.807) is 0 Å². The molecule has 1 N–H and O–H groups in total. The van der Waals surface area contributed by atoms with E-state index in [4.69, 9.17) is 6.42 Å². The highest BCUT2D eigenvalue weighted by Crippen LogP contribution is 2.28. The summed E-state index contributed by atoms with van der Waals surface area (Å²) >= 11 is 0. The van der Waals surface area contributed by atoms with Crippen LogP contribution in [0, 0.1) is 18.3 Å². The van der Waals surface area contributed by atoms with Crippen molar-refractivity contribution in [1.82, 2.24) is 0 Å². The Morgan fingerprint density at radius 3 is 2.76 bits per heavy atom. The van der Waals surface area contributed by atoms with Crippen LogP contribution < -0.4 is 5.32 Å². The van der Waals surface area contributed by atoms with Gasteiger partial charge in [0.2, 0.25) is 0 Å². The van der Waals surface area contributed by atoms with Gasteiger partial charge >= 0.3 is 0 Å². The summed E-state index contributed by atoms with van der Waals surface area (Å²) in [5.41, 5.74) is 2.10. The van der Waals surface area contributed by atoms with Gasteiger partial charge in [-0.3, -0.25) is 0 Å². The summed E-state index contributed by atoms with van der Waals surface area (Å²) in [6.07, 6.45) is 12.3. The van der Waals surface area contributed by atoms with Gasteiger partial charge in [-0.15, -0.1) is 6.42 Å². The molecule has 0 saturated heterocycles. The number of benzene rings is 1. The van der Waals surface area contributed by atoms with Gasteiger partial charge in [-0.1, -0.05) is 31.2 Å². The van der Waals surface area contributed by atoms with Gasteiger partial charge in [0.05, 0.1) is 0 Å². The van der Waals surface area contributed by atoms with Gasteiger partial charge < -0.3 is 5.32 Å². The molecule has 1 atom stereocenters. The molecule has 1 fully saturated rings. The highest BCUT2D eigenvalue weighted by molar-refractivity contribution is 5.50. The summed E-state index contributed by atoms with van der Waals surface area (Å²) in [5.74, 6) is 3.50. The maximum Gasteiger partial charge on any atom is 0.0354 e. The second kappa shape index (κ2) is 5.77. The van der Waals surface area contributed by atoms with E-state index < -0.39 is 0 Å². The van der Waals surface area contributed by atoms with Gasteiger partial charge in [0.15, 0.2) is 0 Å². The molecule has 1 saturated carbocycles. The molecule has 0 heterocycles. The van der Waals surface area contributed by atoms with Gasteiger partial charge in [0, 0.05) is 17.3 Å². The fourth-order valence-electron chi connectivity index (χ4n) is 2.71. The van der Waals surface area contributed by atoms with Crippen LogP contribution in [-0.4, -0.2) is 6.04 Å². The maximum atomic E-state index is 5.41. The number of nitrogens with one attached hydrogen (secondary N) is 1. The second-order valence-electron chi connectivity index (χ2n) is 5.06. The molecule has 1 aromatic carbocycles. The lowest BCUT2D eigenvalue weighted by Gasteiger charge is -2.29. The minimum absolute atomic E-state index is 0.545. The molecular formula is C16H21N. The molecule has 0 radical (unpaired) electrons. The summed E-state index contributed by atoms with van der Waals surface area (Å²) in [5, 5.41) is 3.59. The fourth-order valence-corrected chi connectivity index (χ4v) is 2.71. The van der Waals surface area contributed by atoms with E-state index in [1.807, 2.05) is 12.1 Å². The molecule has 0 aromatic heterocycles. The van der Waals surface area contributed by atoms with Crippen molar-refractivity contribution < 1.29 is 0 Å². The van der Waals surface area contributed by atoms with Crippen molar-refractivity contribution >= 4 is 5.69 Å². The number of anilines is 1. The first kappa shape index (κ1) is 12.0. The van der Waals surface area contributed by atoms with Crippen molar-refractivity contribution in [3.8, 4) is 12.3 Å². The quantitative estimate of drug-likeness (QED) is 0.768. The average molecular weight is 227 g/mol. The summed E-state index contributed by atoms with van der Waals surface area (Å²) in [4.78, 5) is 0. The summed E-state index contributed by atoms with van der Waals surface area (Å²) < 4.78 is 0. The number of rotatable bonds is 3. The standard InChI is InChI=1S/C16H21N/c1-3-14-8-7-11-16(12-14)17-13(2)15-9-5-4-6-10-15/h1,7-8,11-13,15,17H,4-6,9-10H2,2H3. The third-order valence-corrected chi connectivity index (χ3v) is 3.78. The second-order valence-corrected chi connectivity index (χ2v) is 5.06. The predicted molar refractivity (Wildman–Crippen MR) is 74.0 cm³/mol. The van der Waals surface area contributed by atoms with E-state index >= 15 is 0 Å². The number of hydrogen-bond donors (Lipinski definition) is 1. The van der Waals surface area contributed by atoms with Crippen LogP contribution in [0.2, 0.25) is 0 Å². The third kappa shape index (κ3) is 3.27. The molecule has 90 valence electrons. The molecule has 2 rings (SSSR count). The van der Waals surface area contributed by atoms with Crippen molar-refractivity contribution in [3.05, 3.63) is 29.8 Å². The zero-order chi connectivity index (χ0) is 12.1. The average Bonchev–Trinajstić information content (AvgIpc) is 2.40. The maximum absolute atomic E-state index is 5.41. The Bertz CT molecular complexity index is 396. The third-order valence-electron chi connectivity index (χ3n) is 3.78. The highest BCUT2D eigenvalue weighted by Gasteiger charge is 2.19. The van der Waals surface area contributed by atoms with Gasteiger partial charge in [-0.25, -0.2) is 0 Å². The van der Waals surface area contributed by atoms with E-state index in [9.17, 15) is 0 Å². The van der Waals surface area contributed by atoms with E-state index in [2.05, 4.69) is 30.3 Å². The first-order valence-electron chi connectivity index (χ1n) is 6.63. The van der Waals surface area contributed by atoms with Crippen molar-refractivity contribution in [2.45, 2.75) is 45.1 Å². The monoisotopic (exact) mass is 227 g/mol. The predicted octanol–water partition coefficient (Wildman–Crippen LogP) is 4.05. The number of terminal acetylenes is 1. The largest absolute Gasteiger partial charge is 0.382 e. The molecule has 1 heteroatoms. The topological polar surface area (TPSA) is 12.0 Å². The molecule has 1 aromatic rings. The fraction of sp³-hybridized carbons (Fsp3) is 0.500. The molecule has 0 bridgehead atoms. The lowest BCUT2D eigenvalue weighted by molar-refractivity contribution is 0.328. The first-order chi connectivity index (χ1) is 8.29. The lowest BCUT2D eigenvalue weighted by Crippen LogP contribution is -2.27. The Balaban J connectivity index is 1.97. The van der Waals surface area contributed by atoms with Crippen molar-refractivity contribution in [3.63, 3.8) is 0 Å². The molecule has 0 spiro atoms. The van der Waals surface area contributed by atoms with E-state index in [-0.39, 0.29) is 0 Å². The van der Waals surface area contributed by atoms with Gasteiger partial charge in [-0.05, 0) is 43.9 Å². The molecular weight excluding hydrogens is 206 g/mol. The van der Waals surface area contributed by atoms with Gasteiger partial charge in [0.1, 0.15) is 0 Å². The normalized spacial score (nSPS) is 18.4. The Hall–Kier alpha value is -1.42. The van der Waals surface area contributed by atoms with Crippen LogP contribution in [0.1, 0.15) is 44.6 Å². The SMILES string of the molecule is C#Cc1cccc(NC(C)C2CCCCC2)c1. The van der Waals surface area contributed by atoms with Crippen molar-refractivity contribution in [2.24, 2.45) is 5.92 Å². The van der Waals surface area contributed by atoms with Crippen LogP contribution in [0.4, 0.5) is 5.69 Å². The van der Waals surface area contributed by atoms with Crippen LogP contribution in [0.5, 0.6) is 0 Å². The minimum Gasteiger partial charge on any atom is -0.382 e. The Labute approximate surface area is 105 Å². The molecule has 1 aliphatic rings. The van der Waals surface area contributed by atoms with Crippen molar-refractivity contribution in [1.29, 1.82) is 0 Å². The summed E-state index contributed by atoms with van der Waals surface area (Å²) in [6, 6.07) is 8.68. The van der Waals surface area contributed by atoms with Crippen LogP contribution in [0.25, 0.3) is 0 Å². The van der Waals surface area contributed by atoms with Gasteiger partial charge in [0.25, 0.3) is 0 Å².